The molecule has 2 aliphatic rings. The van der Waals surface area contributed by atoms with Crippen LogP contribution in [-0.4, -0.2) is 53.6 Å². The average molecular weight is 443 g/mol. The number of benzene rings is 1. The Balaban J connectivity index is 1.87. The monoisotopic (exact) mass is 442 g/mol. The van der Waals surface area contributed by atoms with E-state index in [1.165, 1.54) is 0 Å². The number of hydrogen-bond donors (Lipinski definition) is 2. The van der Waals surface area contributed by atoms with E-state index in [0.717, 1.165) is 5.56 Å². The van der Waals surface area contributed by atoms with E-state index in [1.54, 1.807) is 11.8 Å². The van der Waals surface area contributed by atoms with Crippen molar-refractivity contribution in [2.75, 3.05) is 19.8 Å². The lowest BCUT2D eigenvalue weighted by Crippen LogP contribution is -2.47. The molecule has 2 amide bonds. The van der Waals surface area contributed by atoms with E-state index >= 15 is 0 Å². The summed E-state index contributed by atoms with van der Waals surface area (Å²) in [7, 11) is 0. The topological polar surface area (TPSA) is 95.9 Å². The molecular weight excluding hydrogens is 408 g/mol. The normalized spacial score (nSPS) is 26.7. The summed E-state index contributed by atoms with van der Waals surface area (Å²) in [5.74, 6) is -2.43. The van der Waals surface area contributed by atoms with Crippen molar-refractivity contribution in [2.45, 2.75) is 45.7 Å². The van der Waals surface area contributed by atoms with Crippen LogP contribution in [-0.2, 0) is 25.7 Å². The molecule has 0 radical (unpaired) electrons. The number of rotatable bonds is 10. The van der Waals surface area contributed by atoms with Gasteiger partial charge in [-0.1, -0.05) is 49.4 Å². The number of carbonyl (C=O) groups is 3. The van der Waals surface area contributed by atoms with Crippen molar-refractivity contribution in [1.82, 2.24) is 10.2 Å². The minimum atomic E-state index is -0.680. The van der Waals surface area contributed by atoms with Crippen LogP contribution in [0.5, 0.6) is 0 Å². The van der Waals surface area contributed by atoms with Gasteiger partial charge in [-0.3, -0.25) is 14.4 Å². The number of nitrogens with one attached hydrogen (secondary N) is 1. The number of unbranched alkanes of at least 4 members (excludes halogenated alkanes) is 1. The van der Waals surface area contributed by atoms with Crippen molar-refractivity contribution in [2.24, 2.45) is 23.7 Å². The first kappa shape index (κ1) is 24.0. The minimum absolute atomic E-state index is 0.0308. The zero-order valence-electron chi connectivity index (χ0n) is 18.9. The molecule has 1 aliphatic carbocycles. The van der Waals surface area contributed by atoms with E-state index in [1.807, 2.05) is 49.4 Å². The third kappa shape index (κ3) is 5.04. The highest BCUT2D eigenvalue weighted by atomic mass is 16.5. The van der Waals surface area contributed by atoms with Gasteiger partial charge in [-0.05, 0) is 37.7 Å². The van der Waals surface area contributed by atoms with Gasteiger partial charge in [-0.15, -0.1) is 0 Å². The summed E-state index contributed by atoms with van der Waals surface area (Å²) < 4.78 is 5.33. The fraction of sp³-hybridized carbons (Fsp3) is 0.560. The summed E-state index contributed by atoms with van der Waals surface area (Å²) in [5.41, 5.74) is 0.975. The molecule has 0 saturated carbocycles. The molecule has 0 unspecified atom stereocenters. The van der Waals surface area contributed by atoms with Crippen molar-refractivity contribution in [3.05, 3.63) is 48.0 Å². The van der Waals surface area contributed by atoms with E-state index in [4.69, 9.17) is 4.74 Å². The van der Waals surface area contributed by atoms with Gasteiger partial charge in [0.15, 0.2) is 0 Å². The molecule has 1 fully saturated rings. The van der Waals surface area contributed by atoms with Gasteiger partial charge in [-0.2, -0.15) is 0 Å². The first-order chi connectivity index (χ1) is 15.5. The second-order valence-electron chi connectivity index (χ2n) is 8.45. The van der Waals surface area contributed by atoms with Gasteiger partial charge in [0.05, 0.1) is 18.4 Å². The highest BCUT2D eigenvalue weighted by molar-refractivity contribution is 5.96. The molecule has 2 N–H and O–H groups in total. The summed E-state index contributed by atoms with van der Waals surface area (Å²) >= 11 is 0. The molecule has 1 aromatic rings. The van der Waals surface area contributed by atoms with Crippen LogP contribution < -0.4 is 5.32 Å². The predicted octanol–water partition coefficient (Wildman–Crippen LogP) is 2.29. The molecule has 7 nitrogen and oxygen atoms in total. The van der Waals surface area contributed by atoms with E-state index in [2.05, 4.69) is 5.32 Å². The zero-order chi connectivity index (χ0) is 23.1. The molecule has 7 heteroatoms. The van der Waals surface area contributed by atoms with Crippen LogP contribution in [0.2, 0.25) is 0 Å². The molecule has 0 aromatic heterocycles. The van der Waals surface area contributed by atoms with Crippen LogP contribution in [0.3, 0.4) is 0 Å². The van der Waals surface area contributed by atoms with Crippen LogP contribution in [0, 0.1) is 23.7 Å². The first-order valence-electron chi connectivity index (χ1n) is 11.6. The summed E-state index contributed by atoms with van der Waals surface area (Å²) in [6.07, 6.45) is 5.78. The molecule has 1 heterocycles. The van der Waals surface area contributed by atoms with Crippen molar-refractivity contribution >= 4 is 17.8 Å². The van der Waals surface area contributed by atoms with E-state index in [9.17, 15) is 19.5 Å². The van der Waals surface area contributed by atoms with Gasteiger partial charge in [0.25, 0.3) is 0 Å². The number of esters is 1. The van der Waals surface area contributed by atoms with Gasteiger partial charge >= 0.3 is 5.97 Å². The Hall–Kier alpha value is -2.67. The number of hydrogen-bond acceptors (Lipinski definition) is 5. The third-order valence-corrected chi connectivity index (χ3v) is 6.53. The number of nitrogens with zero attached hydrogens (tertiary/aromatic N) is 1. The number of ether oxygens (including phenoxy) is 1. The average Bonchev–Trinajstić information content (AvgIpc) is 3.09. The Morgan fingerprint density at radius 2 is 1.88 bits per heavy atom. The lowest BCUT2D eigenvalue weighted by atomic mass is 9.69. The molecule has 0 bridgehead atoms. The van der Waals surface area contributed by atoms with Crippen molar-refractivity contribution in [1.29, 1.82) is 0 Å². The second-order valence-corrected chi connectivity index (χ2v) is 8.45. The summed E-state index contributed by atoms with van der Waals surface area (Å²) in [6, 6.07) is 8.94. The zero-order valence-corrected chi connectivity index (χ0v) is 18.9. The van der Waals surface area contributed by atoms with E-state index in [-0.39, 0.29) is 42.8 Å². The summed E-state index contributed by atoms with van der Waals surface area (Å²) in [5, 5.41) is 12.2. The van der Waals surface area contributed by atoms with Crippen LogP contribution in [0.4, 0.5) is 0 Å². The fourth-order valence-corrected chi connectivity index (χ4v) is 4.97. The molecule has 0 spiro atoms. The maximum Gasteiger partial charge on any atom is 0.310 e. The molecular formula is C25H34N2O5. The van der Waals surface area contributed by atoms with Crippen molar-refractivity contribution in [3.8, 4) is 0 Å². The van der Waals surface area contributed by atoms with Crippen LogP contribution in [0.25, 0.3) is 0 Å². The van der Waals surface area contributed by atoms with Gasteiger partial charge in [-0.25, -0.2) is 0 Å². The number of allylic oxidation sites excluding steroid dienone is 1. The number of likely N-dealkylation sites (tertiary alicyclic amines) is 1. The van der Waals surface area contributed by atoms with Gasteiger partial charge in [0, 0.05) is 25.6 Å². The Morgan fingerprint density at radius 1 is 1.12 bits per heavy atom. The van der Waals surface area contributed by atoms with Gasteiger partial charge < -0.3 is 20.1 Å². The van der Waals surface area contributed by atoms with Gasteiger partial charge in [0.2, 0.25) is 11.8 Å². The quantitative estimate of drug-likeness (QED) is 0.329. The van der Waals surface area contributed by atoms with Gasteiger partial charge in [0.1, 0.15) is 6.04 Å². The summed E-state index contributed by atoms with van der Waals surface area (Å²) in [6.45, 7) is 4.77. The van der Waals surface area contributed by atoms with E-state index < -0.39 is 17.9 Å². The Bertz CT molecular complexity index is 825. The maximum atomic E-state index is 13.5. The Morgan fingerprint density at radius 3 is 2.53 bits per heavy atom. The molecule has 3 rings (SSSR count). The lowest BCUT2D eigenvalue weighted by molar-refractivity contribution is -0.155. The summed E-state index contributed by atoms with van der Waals surface area (Å²) in [4.78, 5) is 41.3. The smallest absolute Gasteiger partial charge is 0.310 e. The molecule has 1 aliphatic heterocycles. The Kier molecular flexibility index (Phi) is 8.45. The number of carbonyl (C=O) groups excluding carboxylic acids is 3. The lowest BCUT2D eigenvalue weighted by Gasteiger charge is -2.33. The molecule has 1 aromatic carbocycles. The molecule has 174 valence electrons. The number of aliphatic hydroxyl groups is 1. The third-order valence-electron chi connectivity index (χ3n) is 6.53. The highest BCUT2D eigenvalue weighted by Crippen LogP contribution is 2.45. The fourth-order valence-electron chi connectivity index (χ4n) is 4.97. The number of aliphatic hydroxyl groups excluding tert-OH is 1. The van der Waals surface area contributed by atoms with Crippen LogP contribution in [0.1, 0.15) is 38.7 Å². The number of amides is 2. The van der Waals surface area contributed by atoms with Crippen LogP contribution in [0.15, 0.2) is 42.5 Å². The van der Waals surface area contributed by atoms with Crippen molar-refractivity contribution in [3.63, 3.8) is 0 Å². The largest absolute Gasteiger partial charge is 0.466 e. The SMILES string of the molecule is CCOC(=O)[C@H]1[C@H]2C(=O)N(CCCCO)[C@H](C(=O)NCc3ccccc3)[C@H]2C=C[C@H]1CC. The Labute approximate surface area is 189 Å². The highest BCUT2D eigenvalue weighted by Gasteiger charge is 2.57. The first-order valence-corrected chi connectivity index (χ1v) is 11.6. The van der Waals surface area contributed by atoms with E-state index in [0.29, 0.717) is 32.4 Å². The molecule has 5 atom stereocenters. The molecule has 32 heavy (non-hydrogen) atoms. The standard InChI is InChI=1S/C25H34N2O5/c1-3-18-12-13-19-21(20(18)25(31)32-4-2)24(30)27(14-8-9-15-28)22(19)23(29)26-16-17-10-6-5-7-11-17/h5-7,10-13,18-22,28H,3-4,8-9,14-16H2,1-2H3,(H,26,29)/t18-,19+,20-,21+,22+/m1/s1. The van der Waals surface area contributed by atoms with Crippen molar-refractivity contribution < 1.29 is 24.2 Å². The second kappa shape index (κ2) is 11.3. The maximum absolute atomic E-state index is 13.5. The number of fused-ring (bicyclic) bond motifs is 1. The minimum Gasteiger partial charge on any atom is -0.466 e. The predicted molar refractivity (Wildman–Crippen MR) is 120 cm³/mol. The molecule has 1 saturated heterocycles. The van der Waals surface area contributed by atoms with Crippen LogP contribution >= 0.6 is 0 Å².